The van der Waals surface area contributed by atoms with Crippen LogP contribution in [-0.4, -0.2) is 19.7 Å². The number of alkyl halides is 2. The second-order valence-electron chi connectivity index (χ2n) is 5.11. The number of imidazole rings is 1. The summed E-state index contributed by atoms with van der Waals surface area (Å²) in [5.74, 6) is 1.05. The maximum Gasteiger partial charge on any atom is 0.281 e. The molecule has 3 aromatic rings. The highest BCUT2D eigenvalue weighted by Gasteiger charge is 2.30. The van der Waals surface area contributed by atoms with Gasteiger partial charge in [-0.3, -0.25) is 5.10 Å². The van der Waals surface area contributed by atoms with Gasteiger partial charge in [-0.1, -0.05) is 0 Å². The Balaban J connectivity index is 1.86. The topological polar surface area (TPSA) is 46.5 Å². The van der Waals surface area contributed by atoms with Gasteiger partial charge < -0.3 is 4.57 Å². The summed E-state index contributed by atoms with van der Waals surface area (Å²) >= 11 is 0. The maximum atomic E-state index is 12.9. The number of H-pyrrole nitrogens is 1. The van der Waals surface area contributed by atoms with Gasteiger partial charge in [0.05, 0.1) is 11.7 Å². The second-order valence-corrected chi connectivity index (χ2v) is 5.11. The molecule has 1 aliphatic rings. The summed E-state index contributed by atoms with van der Waals surface area (Å²) in [6.45, 7) is 0. The molecule has 4 rings (SSSR count). The standard InChI is InChI=1S/C14H12F2N4/c15-13(16)12-7-20(14(18-12)8-1-2-8)10-3-4-11-9(5-10)6-17-19-11/h3-8,13H,1-2H2,(H,17,19). The van der Waals surface area contributed by atoms with Gasteiger partial charge >= 0.3 is 0 Å². The van der Waals surface area contributed by atoms with Gasteiger partial charge in [0.15, 0.2) is 0 Å². The molecule has 1 fully saturated rings. The lowest BCUT2D eigenvalue weighted by atomic mass is 10.2. The summed E-state index contributed by atoms with van der Waals surface area (Å²) in [6.07, 6.45) is 2.67. The van der Waals surface area contributed by atoms with E-state index in [1.54, 1.807) is 10.8 Å². The summed E-state index contributed by atoms with van der Waals surface area (Å²) < 4.78 is 27.5. The molecule has 20 heavy (non-hydrogen) atoms. The van der Waals surface area contributed by atoms with E-state index in [1.807, 2.05) is 18.2 Å². The minimum absolute atomic E-state index is 0.154. The zero-order valence-corrected chi connectivity index (χ0v) is 10.6. The number of aromatic nitrogens is 4. The molecule has 0 bridgehead atoms. The van der Waals surface area contributed by atoms with Gasteiger partial charge in [-0.25, -0.2) is 13.8 Å². The van der Waals surface area contributed by atoms with Gasteiger partial charge in [-0.05, 0) is 31.0 Å². The smallest absolute Gasteiger partial charge is 0.281 e. The summed E-state index contributed by atoms with van der Waals surface area (Å²) in [5, 5.41) is 7.80. The number of nitrogens with zero attached hydrogens (tertiary/aromatic N) is 3. The van der Waals surface area contributed by atoms with Crippen LogP contribution in [-0.2, 0) is 0 Å². The van der Waals surface area contributed by atoms with Crippen LogP contribution in [0.2, 0.25) is 0 Å². The molecule has 0 unspecified atom stereocenters. The van der Waals surface area contributed by atoms with Gasteiger partial charge in [0.1, 0.15) is 11.5 Å². The summed E-state index contributed by atoms with van der Waals surface area (Å²) in [5.41, 5.74) is 1.62. The van der Waals surface area contributed by atoms with E-state index < -0.39 is 6.43 Å². The number of rotatable bonds is 3. The van der Waals surface area contributed by atoms with Crippen LogP contribution in [0.25, 0.3) is 16.6 Å². The third kappa shape index (κ3) is 1.79. The lowest BCUT2D eigenvalue weighted by Gasteiger charge is -2.06. The zero-order chi connectivity index (χ0) is 13.7. The summed E-state index contributed by atoms with van der Waals surface area (Å²) in [4.78, 5) is 4.11. The van der Waals surface area contributed by atoms with Gasteiger partial charge in [0.2, 0.25) is 0 Å². The third-order valence-corrected chi connectivity index (χ3v) is 3.62. The Morgan fingerprint density at radius 2 is 2.15 bits per heavy atom. The van der Waals surface area contributed by atoms with Crippen LogP contribution in [0, 0.1) is 0 Å². The van der Waals surface area contributed by atoms with Crippen LogP contribution in [0.5, 0.6) is 0 Å². The predicted molar refractivity (Wildman–Crippen MR) is 70.1 cm³/mol. The van der Waals surface area contributed by atoms with Crippen LogP contribution in [0.1, 0.15) is 36.7 Å². The molecule has 2 aromatic heterocycles. The van der Waals surface area contributed by atoms with E-state index in [1.165, 1.54) is 6.20 Å². The molecule has 6 heteroatoms. The van der Waals surface area contributed by atoms with Crippen molar-refractivity contribution in [2.45, 2.75) is 25.2 Å². The van der Waals surface area contributed by atoms with Gasteiger partial charge in [-0.15, -0.1) is 0 Å². The van der Waals surface area contributed by atoms with Crippen molar-refractivity contribution in [3.05, 3.63) is 42.1 Å². The van der Waals surface area contributed by atoms with E-state index in [4.69, 9.17) is 0 Å². The minimum Gasteiger partial charge on any atom is -0.303 e. The molecule has 1 saturated carbocycles. The Morgan fingerprint density at radius 1 is 1.30 bits per heavy atom. The van der Waals surface area contributed by atoms with E-state index in [9.17, 15) is 8.78 Å². The van der Waals surface area contributed by atoms with Crippen LogP contribution in [0.3, 0.4) is 0 Å². The molecule has 1 N–H and O–H groups in total. The van der Waals surface area contributed by atoms with E-state index in [-0.39, 0.29) is 5.69 Å². The first-order chi connectivity index (χ1) is 9.72. The fourth-order valence-electron chi connectivity index (χ4n) is 2.43. The Hall–Kier alpha value is -2.24. The minimum atomic E-state index is -2.54. The number of hydrogen-bond donors (Lipinski definition) is 1. The van der Waals surface area contributed by atoms with E-state index in [0.717, 1.165) is 35.3 Å². The summed E-state index contributed by atoms with van der Waals surface area (Å²) in [7, 11) is 0. The van der Waals surface area contributed by atoms with Crippen molar-refractivity contribution in [3.8, 4) is 5.69 Å². The SMILES string of the molecule is FC(F)c1cn(-c2ccc3[nH]ncc3c2)c(C2CC2)n1. The van der Waals surface area contributed by atoms with Crippen molar-refractivity contribution in [2.24, 2.45) is 0 Å². The van der Waals surface area contributed by atoms with Crippen molar-refractivity contribution >= 4 is 10.9 Å². The van der Waals surface area contributed by atoms with Gasteiger partial charge in [0, 0.05) is 23.2 Å². The molecule has 0 amide bonds. The molecule has 0 saturated heterocycles. The lowest BCUT2D eigenvalue weighted by Crippen LogP contribution is -1.98. The van der Waals surface area contributed by atoms with Crippen molar-refractivity contribution in [1.82, 2.24) is 19.7 Å². The van der Waals surface area contributed by atoms with E-state index in [2.05, 4.69) is 15.2 Å². The van der Waals surface area contributed by atoms with E-state index in [0.29, 0.717) is 5.92 Å². The predicted octanol–water partition coefficient (Wildman–Crippen LogP) is 3.56. The average Bonchev–Trinajstić information content (AvgIpc) is 3.02. The molecule has 2 heterocycles. The quantitative estimate of drug-likeness (QED) is 0.793. The third-order valence-electron chi connectivity index (χ3n) is 3.62. The molecule has 1 aromatic carbocycles. The fraction of sp³-hybridized carbons (Fsp3) is 0.286. The Morgan fingerprint density at radius 3 is 2.90 bits per heavy atom. The molecule has 0 atom stereocenters. The van der Waals surface area contributed by atoms with Gasteiger partial charge in [-0.2, -0.15) is 5.10 Å². The lowest BCUT2D eigenvalue weighted by molar-refractivity contribution is 0.146. The average molecular weight is 274 g/mol. The Kier molecular flexibility index (Phi) is 2.39. The number of hydrogen-bond acceptors (Lipinski definition) is 2. The second kappa shape index (κ2) is 4.13. The van der Waals surface area contributed by atoms with Crippen molar-refractivity contribution in [2.75, 3.05) is 0 Å². The number of nitrogens with one attached hydrogen (secondary N) is 1. The van der Waals surface area contributed by atoms with Crippen LogP contribution >= 0.6 is 0 Å². The van der Waals surface area contributed by atoms with Crippen molar-refractivity contribution in [3.63, 3.8) is 0 Å². The van der Waals surface area contributed by atoms with Crippen LogP contribution in [0.15, 0.2) is 30.6 Å². The van der Waals surface area contributed by atoms with Gasteiger partial charge in [0.25, 0.3) is 6.43 Å². The first kappa shape index (κ1) is 11.6. The molecule has 4 nitrogen and oxygen atoms in total. The fourth-order valence-corrected chi connectivity index (χ4v) is 2.43. The van der Waals surface area contributed by atoms with Crippen LogP contribution in [0.4, 0.5) is 8.78 Å². The van der Waals surface area contributed by atoms with Crippen molar-refractivity contribution in [1.29, 1.82) is 0 Å². The summed E-state index contributed by atoms with van der Waals surface area (Å²) in [6, 6.07) is 5.72. The normalized spacial score (nSPS) is 15.3. The largest absolute Gasteiger partial charge is 0.303 e. The zero-order valence-electron chi connectivity index (χ0n) is 10.6. The number of benzene rings is 1. The number of halogens is 2. The molecule has 102 valence electrons. The Bertz CT molecular complexity index is 770. The number of fused-ring (bicyclic) bond motifs is 1. The van der Waals surface area contributed by atoms with Crippen molar-refractivity contribution < 1.29 is 8.78 Å². The number of aromatic amines is 1. The highest BCUT2D eigenvalue weighted by molar-refractivity contribution is 5.80. The highest BCUT2D eigenvalue weighted by atomic mass is 19.3. The Labute approximate surface area is 113 Å². The highest BCUT2D eigenvalue weighted by Crippen LogP contribution is 2.41. The molecule has 0 radical (unpaired) electrons. The first-order valence-electron chi connectivity index (χ1n) is 6.53. The van der Waals surface area contributed by atoms with E-state index >= 15 is 0 Å². The molecule has 1 aliphatic carbocycles. The maximum absolute atomic E-state index is 12.9. The molecular weight excluding hydrogens is 262 g/mol. The monoisotopic (exact) mass is 274 g/mol. The van der Waals surface area contributed by atoms with Crippen LogP contribution < -0.4 is 0 Å². The first-order valence-corrected chi connectivity index (χ1v) is 6.53. The molecule has 0 aliphatic heterocycles. The molecule has 0 spiro atoms. The molecular formula is C14H12F2N4.